The summed E-state index contributed by atoms with van der Waals surface area (Å²) in [7, 11) is 0. The first kappa shape index (κ1) is 10.8. The van der Waals surface area contributed by atoms with E-state index in [9.17, 15) is 4.79 Å². The van der Waals surface area contributed by atoms with Gasteiger partial charge in [-0.25, -0.2) is 10.8 Å². The fourth-order valence-corrected chi connectivity index (χ4v) is 1.98. The monoisotopic (exact) mass is 237 g/mol. The fraction of sp³-hybridized carbons (Fsp3) is 0.222. The highest BCUT2D eigenvalue weighted by molar-refractivity contribution is 7.11. The first-order valence-corrected chi connectivity index (χ1v) is 5.51. The van der Waals surface area contributed by atoms with Crippen LogP contribution in [0.4, 0.5) is 0 Å². The molecule has 0 aliphatic rings. The highest BCUT2D eigenvalue weighted by Crippen LogP contribution is 2.10. The molecule has 2 rings (SSSR count). The molecule has 0 spiro atoms. The van der Waals surface area contributed by atoms with Crippen LogP contribution in [0.5, 0.6) is 0 Å². The highest BCUT2D eigenvalue weighted by atomic mass is 32.1. The van der Waals surface area contributed by atoms with Crippen molar-refractivity contribution in [3.8, 4) is 0 Å². The summed E-state index contributed by atoms with van der Waals surface area (Å²) in [5, 5.41) is 6.32. The van der Waals surface area contributed by atoms with Gasteiger partial charge in [-0.3, -0.25) is 14.9 Å². The molecular formula is C9H11N5OS. The number of nitrogens with zero attached hydrogens (tertiary/aromatic N) is 3. The van der Waals surface area contributed by atoms with Crippen LogP contribution in [0.3, 0.4) is 0 Å². The molecule has 6 nitrogen and oxygen atoms in total. The smallest absolute Gasteiger partial charge is 0.288 e. The van der Waals surface area contributed by atoms with Crippen LogP contribution in [0.25, 0.3) is 0 Å². The fourth-order valence-electron chi connectivity index (χ4n) is 1.27. The second kappa shape index (κ2) is 4.42. The number of hydrogen-bond donors (Lipinski definition) is 2. The van der Waals surface area contributed by atoms with Crippen LogP contribution in [0.15, 0.2) is 17.8 Å². The van der Waals surface area contributed by atoms with Gasteiger partial charge < -0.3 is 0 Å². The molecule has 3 N–H and O–H groups in total. The number of thiazole rings is 1. The summed E-state index contributed by atoms with van der Waals surface area (Å²) in [6.07, 6.45) is 3.70. The van der Waals surface area contributed by atoms with Crippen molar-refractivity contribution in [3.63, 3.8) is 0 Å². The molecule has 0 fully saturated rings. The molecule has 2 aromatic rings. The molecule has 1 amide bonds. The molecular weight excluding hydrogens is 226 g/mol. The third kappa shape index (κ3) is 2.26. The predicted octanol–water partition coefficient (Wildman–Crippen LogP) is 0.300. The number of rotatable bonds is 3. The lowest BCUT2D eigenvalue weighted by molar-refractivity contribution is 0.0953. The zero-order valence-electron chi connectivity index (χ0n) is 8.67. The molecule has 2 heterocycles. The second-order valence-corrected chi connectivity index (χ2v) is 4.19. The van der Waals surface area contributed by atoms with Crippen molar-refractivity contribution < 1.29 is 4.79 Å². The van der Waals surface area contributed by atoms with Gasteiger partial charge >= 0.3 is 0 Å². The lowest BCUT2D eigenvalue weighted by atomic mass is 10.4. The Morgan fingerprint density at radius 3 is 3.12 bits per heavy atom. The van der Waals surface area contributed by atoms with Crippen molar-refractivity contribution in [2.75, 3.05) is 0 Å². The number of nitrogen functional groups attached to an aromatic ring is 1. The maximum absolute atomic E-state index is 11.2. The van der Waals surface area contributed by atoms with Crippen LogP contribution in [-0.2, 0) is 6.54 Å². The lowest BCUT2D eigenvalue weighted by Crippen LogP contribution is -2.29. The van der Waals surface area contributed by atoms with Crippen molar-refractivity contribution in [3.05, 3.63) is 34.0 Å². The standard InChI is InChI=1S/C9H11N5OS/c1-6-2-11-14(3-6)4-7-5-16-9(12-7)8(15)13-10/h2-3,5H,4,10H2,1H3,(H,13,15). The van der Waals surface area contributed by atoms with Crippen molar-refractivity contribution in [2.24, 2.45) is 5.84 Å². The average Bonchev–Trinajstić information content (AvgIpc) is 2.87. The summed E-state index contributed by atoms with van der Waals surface area (Å²) in [6.45, 7) is 2.53. The Labute approximate surface area is 96.1 Å². The van der Waals surface area contributed by atoms with Gasteiger partial charge in [0.2, 0.25) is 0 Å². The molecule has 0 radical (unpaired) electrons. The number of aryl methyl sites for hydroxylation is 1. The Hall–Kier alpha value is -1.73. The molecule has 7 heteroatoms. The first-order valence-electron chi connectivity index (χ1n) is 4.63. The van der Waals surface area contributed by atoms with E-state index in [-0.39, 0.29) is 5.91 Å². The summed E-state index contributed by atoms with van der Waals surface area (Å²) in [5.41, 5.74) is 3.94. The maximum Gasteiger partial charge on any atom is 0.294 e. The molecule has 0 unspecified atom stereocenters. The molecule has 0 aliphatic heterocycles. The van der Waals surface area contributed by atoms with Gasteiger partial charge in [0.05, 0.1) is 18.4 Å². The van der Waals surface area contributed by atoms with Gasteiger partial charge in [-0.2, -0.15) is 5.10 Å². The third-order valence-electron chi connectivity index (χ3n) is 1.96. The van der Waals surface area contributed by atoms with E-state index >= 15 is 0 Å². The van der Waals surface area contributed by atoms with Crippen LogP contribution in [0.2, 0.25) is 0 Å². The van der Waals surface area contributed by atoms with E-state index in [2.05, 4.69) is 10.1 Å². The van der Waals surface area contributed by atoms with Crippen LogP contribution in [-0.4, -0.2) is 20.7 Å². The summed E-state index contributed by atoms with van der Waals surface area (Å²) in [6, 6.07) is 0. The summed E-state index contributed by atoms with van der Waals surface area (Å²) >= 11 is 1.26. The Morgan fingerprint density at radius 1 is 1.69 bits per heavy atom. The molecule has 0 aliphatic carbocycles. The van der Waals surface area contributed by atoms with E-state index in [4.69, 9.17) is 5.84 Å². The minimum absolute atomic E-state index is 0.362. The lowest BCUT2D eigenvalue weighted by Gasteiger charge is -1.96. The van der Waals surface area contributed by atoms with E-state index in [1.54, 1.807) is 10.9 Å². The van der Waals surface area contributed by atoms with Crippen LogP contribution in [0.1, 0.15) is 21.1 Å². The topological polar surface area (TPSA) is 85.8 Å². The molecule has 0 saturated carbocycles. The molecule has 2 aromatic heterocycles. The molecule has 0 bridgehead atoms. The zero-order valence-corrected chi connectivity index (χ0v) is 9.49. The Morgan fingerprint density at radius 2 is 2.50 bits per heavy atom. The van der Waals surface area contributed by atoms with Crippen molar-refractivity contribution >= 4 is 17.2 Å². The van der Waals surface area contributed by atoms with Gasteiger partial charge in [0.25, 0.3) is 5.91 Å². The van der Waals surface area contributed by atoms with Gasteiger partial charge in [0.1, 0.15) is 0 Å². The number of aromatic nitrogens is 3. The largest absolute Gasteiger partial charge is 0.294 e. The van der Waals surface area contributed by atoms with E-state index in [1.165, 1.54) is 11.3 Å². The zero-order chi connectivity index (χ0) is 11.5. The van der Waals surface area contributed by atoms with Crippen molar-refractivity contribution in [1.29, 1.82) is 0 Å². The average molecular weight is 237 g/mol. The van der Waals surface area contributed by atoms with Gasteiger partial charge in [-0.15, -0.1) is 11.3 Å². The normalized spacial score (nSPS) is 10.4. The van der Waals surface area contributed by atoms with E-state index in [1.807, 2.05) is 23.9 Å². The Bertz CT molecular complexity index is 503. The number of hydrazine groups is 1. The number of nitrogens with two attached hydrogens (primary N) is 1. The summed E-state index contributed by atoms with van der Waals surface area (Å²) < 4.78 is 1.77. The number of carbonyl (C=O) groups is 1. The minimum atomic E-state index is -0.368. The van der Waals surface area contributed by atoms with Crippen LogP contribution in [0, 0.1) is 6.92 Å². The Balaban J connectivity index is 2.11. The summed E-state index contributed by atoms with van der Waals surface area (Å²) in [4.78, 5) is 15.3. The first-order chi connectivity index (χ1) is 7.69. The van der Waals surface area contributed by atoms with E-state index < -0.39 is 0 Å². The molecule has 0 atom stereocenters. The quantitative estimate of drug-likeness (QED) is 0.456. The summed E-state index contributed by atoms with van der Waals surface area (Å²) in [5.74, 6) is 4.65. The van der Waals surface area contributed by atoms with Gasteiger partial charge in [0, 0.05) is 11.6 Å². The maximum atomic E-state index is 11.2. The molecule has 0 saturated heterocycles. The Kier molecular flexibility index (Phi) is 2.97. The van der Waals surface area contributed by atoms with Crippen LogP contribution < -0.4 is 11.3 Å². The van der Waals surface area contributed by atoms with Gasteiger partial charge in [-0.05, 0) is 12.5 Å². The van der Waals surface area contributed by atoms with Gasteiger partial charge in [0.15, 0.2) is 5.01 Å². The van der Waals surface area contributed by atoms with Crippen molar-refractivity contribution in [2.45, 2.75) is 13.5 Å². The molecule has 16 heavy (non-hydrogen) atoms. The number of amides is 1. The van der Waals surface area contributed by atoms with Crippen LogP contribution >= 0.6 is 11.3 Å². The number of carbonyl (C=O) groups excluding carboxylic acids is 1. The molecule has 84 valence electrons. The molecule has 0 aromatic carbocycles. The number of nitrogens with one attached hydrogen (secondary N) is 1. The van der Waals surface area contributed by atoms with E-state index in [0.29, 0.717) is 11.6 Å². The predicted molar refractivity (Wildman–Crippen MR) is 59.8 cm³/mol. The van der Waals surface area contributed by atoms with Crippen molar-refractivity contribution in [1.82, 2.24) is 20.2 Å². The third-order valence-corrected chi connectivity index (χ3v) is 2.85. The second-order valence-electron chi connectivity index (χ2n) is 3.33. The highest BCUT2D eigenvalue weighted by Gasteiger charge is 2.09. The van der Waals surface area contributed by atoms with E-state index in [0.717, 1.165) is 11.3 Å². The SMILES string of the molecule is Cc1cnn(Cc2csc(C(=O)NN)n2)c1. The number of hydrogen-bond acceptors (Lipinski definition) is 5. The van der Waals surface area contributed by atoms with Gasteiger partial charge in [-0.1, -0.05) is 0 Å². The minimum Gasteiger partial charge on any atom is -0.288 e.